The quantitative estimate of drug-likeness (QED) is 0.885. The highest BCUT2D eigenvalue weighted by atomic mass is 15.2. The smallest absolute Gasteiger partial charge is 0.156 e. The molecule has 0 amide bonds. The van der Waals surface area contributed by atoms with Gasteiger partial charge >= 0.3 is 0 Å². The van der Waals surface area contributed by atoms with Crippen LogP contribution in [0.15, 0.2) is 30.5 Å². The topological polar surface area (TPSA) is 63.8 Å². The molecule has 1 atom stereocenters. The van der Waals surface area contributed by atoms with E-state index < -0.39 is 0 Å². The Bertz CT molecular complexity index is 540. The molecule has 2 aromatic rings. The lowest BCUT2D eigenvalue weighted by atomic mass is 9.88. The van der Waals surface area contributed by atoms with Crippen LogP contribution in [0.4, 0.5) is 5.82 Å². The van der Waals surface area contributed by atoms with Crippen LogP contribution in [-0.4, -0.2) is 22.8 Å². The first-order valence-corrected chi connectivity index (χ1v) is 6.65. The average Bonchev–Trinajstić information content (AvgIpc) is 2.34. The third kappa shape index (κ3) is 3.89. The molecular weight excluding hydrogens is 236 g/mol. The van der Waals surface area contributed by atoms with Crippen LogP contribution in [0.2, 0.25) is 0 Å². The van der Waals surface area contributed by atoms with Crippen LogP contribution in [0.1, 0.15) is 27.2 Å². The number of fused-ring (bicyclic) bond motifs is 1. The second kappa shape index (κ2) is 5.53. The number of hydrogen-bond donors (Lipinski definition) is 2. The Morgan fingerprint density at radius 1 is 1.26 bits per heavy atom. The van der Waals surface area contributed by atoms with Gasteiger partial charge in [0.15, 0.2) is 5.82 Å². The van der Waals surface area contributed by atoms with Crippen molar-refractivity contribution in [3.8, 4) is 0 Å². The number of nitrogens with two attached hydrogens (primary N) is 1. The average molecular weight is 258 g/mol. The molecule has 0 radical (unpaired) electrons. The van der Waals surface area contributed by atoms with E-state index in [1.165, 1.54) is 0 Å². The molecule has 0 saturated carbocycles. The zero-order valence-electron chi connectivity index (χ0n) is 11.9. The zero-order valence-corrected chi connectivity index (χ0v) is 11.9. The Hall–Kier alpha value is -1.68. The number of anilines is 1. The van der Waals surface area contributed by atoms with Gasteiger partial charge in [0.2, 0.25) is 0 Å². The van der Waals surface area contributed by atoms with Crippen molar-refractivity contribution in [3.63, 3.8) is 0 Å². The standard InChI is InChI=1S/C15H22N4/c1-15(2,3)8-12(16)10-17-14-13-7-5-4-6-11(13)9-18-19-14/h4-7,9,12H,8,10,16H2,1-3H3,(H,17,19). The van der Waals surface area contributed by atoms with E-state index in [-0.39, 0.29) is 11.5 Å². The summed E-state index contributed by atoms with van der Waals surface area (Å²) in [5.74, 6) is 0.808. The van der Waals surface area contributed by atoms with E-state index in [2.05, 4.69) is 36.3 Å². The highest BCUT2D eigenvalue weighted by Gasteiger charge is 2.15. The Balaban J connectivity index is 2.06. The molecule has 1 heterocycles. The fraction of sp³-hybridized carbons (Fsp3) is 0.467. The van der Waals surface area contributed by atoms with Crippen LogP contribution >= 0.6 is 0 Å². The highest BCUT2D eigenvalue weighted by Crippen LogP contribution is 2.21. The largest absolute Gasteiger partial charge is 0.367 e. The van der Waals surface area contributed by atoms with Crippen LogP contribution < -0.4 is 11.1 Å². The SMILES string of the molecule is CC(C)(C)CC(N)CNc1nncc2ccccc12. The molecule has 0 saturated heterocycles. The predicted molar refractivity (Wildman–Crippen MR) is 80.1 cm³/mol. The third-order valence-electron chi connectivity index (χ3n) is 2.98. The molecule has 102 valence electrons. The van der Waals surface area contributed by atoms with E-state index in [1.54, 1.807) is 6.20 Å². The first kappa shape index (κ1) is 13.7. The van der Waals surface area contributed by atoms with E-state index in [0.717, 1.165) is 23.0 Å². The lowest BCUT2D eigenvalue weighted by Gasteiger charge is -2.23. The summed E-state index contributed by atoms with van der Waals surface area (Å²) in [6.45, 7) is 7.31. The van der Waals surface area contributed by atoms with E-state index >= 15 is 0 Å². The maximum absolute atomic E-state index is 6.14. The number of aromatic nitrogens is 2. The molecule has 1 aromatic heterocycles. The van der Waals surface area contributed by atoms with Crippen molar-refractivity contribution >= 4 is 16.6 Å². The normalized spacial score (nSPS) is 13.5. The predicted octanol–water partition coefficient (Wildman–Crippen LogP) is 2.81. The fourth-order valence-corrected chi connectivity index (χ4v) is 2.24. The summed E-state index contributed by atoms with van der Waals surface area (Å²) in [7, 11) is 0. The molecule has 3 N–H and O–H groups in total. The van der Waals surface area contributed by atoms with Crippen molar-refractivity contribution in [3.05, 3.63) is 30.5 Å². The Labute approximate surface area is 114 Å². The maximum Gasteiger partial charge on any atom is 0.156 e. The van der Waals surface area contributed by atoms with Crippen molar-refractivity contribution in [2.24, 2.45) is 11.1 Å². The summed E-state index contributed by atoms with van der Waals surface area (Å²) in [6.07, 6.45) is 2.74. The summed E-state index contributed by atoms with van der Waals surface area (Å²) in [5, 5.41) is 13.7. The van der Waals surface area contributed by atoms with Gasteiger partial charge in [-0.1, -0.05) is 45.0 Å². The van der Waals surface area contributed by atoms with Crippen LogP contribution in [0, 0.1) is 5.41 Å². The monoisotopic (exact) mass is 258 g/mol. The minimum Gasteiger partial charge on any atom is -0.367 e. The van der Waals surface area contributed by atoms with E-state index in [1.807, 2.05) is 24.3 Å². The molecule has 0 fully saturated rings. The van der Waals surface area contributed by atoms with Gasteiger partial charge in [0.05, 0.1) is 6.20 Å². The fourth-order valence-electron chi connectivity index (χ4n) is 2.24. The van der Waals surface area contributed by atoms with Gasteiger partial charge in [-0.05, 0) is 11.8 Å². The van der Waals surface area contributed by atoms with Crippen molar-refractivity contribution in [2.45, 2.75) is 33.2 Å². The van der Waals surface area contributed by atoms with E-state index in [4.69, 9.17) is 5.73 Å². The first-order valence-electron chi connectivity index (χ1n) is 6.65. The summed E-state index contributed by atoms with van der Waals surface area (Å²) in [5.41, 5.74) is 6.38. The number of nitrogens with zero attached hydrogens (tertiary/aromatic N) is 2. The summed E-state index contributed by atoms with van der Waals surface area (Å²) < 4.78 is 0. The molecule has 2 rings (SSSR count). The second-order valence-electron chi connectivity index (χ2n) is 6.19. The van der Waals surface area contributed by atoms with Gasteiger partial charge in [-0.25, -0.2) is 0 Å². The van der Waals surface area contributed by atoms with Crippen LogP contribution in [0.3, 0.4) is 0 Å². The molecule has 1 aromatic carbocycles. The first-order chi connectivity index (χ1) is 8.96. The van der Waals surface area contributed by atoms with Gasteiger partial charge in [0, 0.05) is 23.4 Å². The molecule has 4 heteroatoms. The van der Waals surface area contributed by atoms with Gasteiger partial charge in [0.25, 0.3) is 0 Å². The van der Waals surface area contributed by atoms with E-state index in [9.17, 15) is 0 Å². The number of hydrogen-bond acceptors (Lipinski definition) is 4. The summed E-state index contributed by atoms with van der Waals surface area (Å²) >= 11 is 0. The van der Waals surface area contributed by atoms with Crippen molar-refractivity contribution in [1.82, 2.24) is 10.2 Å². The lowest BCUT2D eigenvalue weighted by molar-refractivity contribution is 0.344. The van der Waals surface area contributed by atoms with Gasteiger partial charge < -0.3 is 11.1 Å². The Morgan fingerprint density at radius 3 is 2.74 bits per heavy atom. The van der Waals surface area contributed by atoms with Crippen LogP contribution in [-0.2, 0) is 0 Å². The third-order valence-corrected chi connectivity index (χ3v) is 2.98. The molecule has 4 nitrogen and oxygen atoms in total. The maximum atomic E-state index is 6.14. The second-order valence-corrected chi connectivity index (χ2v) is 6.19. The van der Waals surface area contributed by atoms with Gasteiger partial charge in [-0.15, -0.1) is 5.10 Å². The highest BCUT2D eigenvalue weighted by molar-refractivity contribution is 5.90. The summed E-state index contributed by atoms with van der Waals surface area (Å²) in [4.78, 5) is 0. The van der Waals surface area contributed by atoms with E-state index in [0.29, 0.717) is 6.54 Å². The summed E-state index contributed by atoms with van der Waals surface area (Å²) in [6, 6.07) is 8.19. The van der Waals surface area contributed by atoms with Crippen LogP contribution in [0.25, 0.3) is 10.8 Å². The lowest BCUT2D eigenvalue weighted by Crippen LogP contribution is -2.33. The number of rotatable bonds is 4. The Kier molecular flexibility index (Phi) is 4.00. The van der Waals surface area contributed by atoms with Crippen LogP contribution in [0.5, 0.6) is 0 Å². The molecule has 0 aliphatic heterocycles. The zero-order chi connectivity index (χ0) is 13.9. The molecular formula is C15H22N4. The molecule has 0 aliphatic carbocycles. The molecule has 0 spiro atoms. The molecule has 0 aliphatic rings. The minimum absolute atomic E-state index is 0.112. The van der Waals surface area contributed by atoms with Gasteiger partial charge in [-0.3, -0.25) is 0 Å². The van der Waals surface area contributed by atoms with Gasteiger partial charge in [-0.2, -0.15) is 5.10 Å². The molecule has 0 bridgehead atoms. The van der Waals surface area contributed by atoms with Crippen molar-refractivity contribution in [1.29, 1.82) is 0 Å². The number of benzene rings is 1. The molecule has 1 unspecified atom stereocenters. The van der Waals surface area contributed by atoms with Crippen molar-refractivity contribution < 1.29 is 0 Å². The minimum atomic E-state index is 0.112. The molecule has 19 heavy (non-hydrogen) atoms. The Morgan fingerprint density at radius 2 is 2.00 bits per heavy atom. The van der Waals surface area contributed by atoms with Crippen molar-refractivity contribution in [2.75, 3.05) is 11.9 Å². The van der Waals surface area contributed by atoms with Gasteiger partial charge in [0.1, 0.15) is 0 Å². The number of nitrogens with one attached hydrogen (secondary N) is 1.